The standard InChI is InChI=1S/C23H18N4O4/c1-30-22(28)16-10-12-18(13-11-16)24-23(29)25-19-9-5-8-17(14-19)21-27-26-20(31-21)15-6-3-2-4-7-15/h2-14H,1H3,(H2,24,25,29). The number of carbonyl (C=O) groups excluding carboxylic acids is 2. The van der Waals surface area contributed by atoms with Gasteiger partial charge < -0.3 is 19.8 Å². The van der Waals surface area contributed by atoms with E-state index in [1.165, 1.54) is 7.11 Å². The van der Waals surface area contributed by atoms with E-state index in [4.69, 9.17) is 4.42 Å². The van der Waals surface area contributed by atoms with Crippen molar-refractivity contribution in [2.45, 2.75) is 0 Å². The third-order valence-corrected chi connectivity index (χ3v) is 4.38. The molecular weight excluding hydrogens is 396 g/mol. The van der Waals surface area contributed by atoms with Crippen LogP contribution in [0.4, 0.5) is 16.2 Å². The summed E-state index contributed by atoms with van der Waals surface area (Å²) in [6.07, 6.45) is 0. The number of amides is 2. The number of nitrogens with one attached hydrogen (secondary N) is 2. The van der Waals surface area contributed by atoms with Gasteiger partial charge in [-0.05, 0) is 54.6 Å². The molecule has 4 rings (SSSR count). The maximum absolute atomic E-state index is 12.3. The van der Waals surface area contributed by atoms with E-state index >= 15 is 0 Å². The van der Waals surface area contributed by atoms with Crippen molar-refractivity contribution in [3.8, 4) is 22.9 Å². The molecule has 2 N–H and O–H groups in total. The smallest absolute Gasteiger partial charge is 0.337 e. The van der Waals surface area contributed by atoms with Gasteiger partial charge in [-0.1, -0.05) is 24.3 Å². The van der Waals surface area contributed by atoms with Crippen LogP contribution in [-0.4, -0.2) is 29.3 Å². The number of urea groups is 1. The van der Waals surface area contributed by atoms with Crippen molar-refractivity contribution in [2.24, 2.45) is 0 Å². The minimum Gasteiger partial charge on any atom is -0.465 e. The summed E-state index contributed by atoms with van der Waals surface area (Å²) < 4.78 is 10.4. The number of rotatable bonds is 5. The number of methoxy groups -OCH3 is 1. The Kier molecular flexibility index (Phi) is 5.70. The lowest BCUT2D eigenvalue weighted by Crippen LogP contribution is -2.19. The van der Waals surface area contributed by atoms with E-state index in [0.717, 1.165) is 5.56 Å². The number of carbonyl (C=O) groups is 2. The third kappa shape index (κ3) is 4.76. The lowest BCUT2D eigenvalue weighted by atomic mass is 10.2. The Morgan fingerprint density at radius 3 is 2.13 bits per heavy atom. The van der Waals surface area contributed by atoms with Crippen LogP contribution in [0.1, 0.15) is 10.4 Å². The second-order valence-corrected chi connectivity index (χ2v) is 6.51. The van der Waals surface area contributed by atoms with Crippen LogP contribution in [0.2, 0.25) is 0 Å². The first-order chi connectivity index (χ1) is 15.1. The fourth-order valence-corrected chi connectivity index (χ4v) is 2.87. The summed E-state index contributed by atoms with van der Waals surface area (Å²) in [5, 5.41) is 13.6. The van der Waals surface area contributed by atoms with Crippen molar-refractivity contribution < 1.29 is 18.7 Å². The molecule has 0 aliphatic heterocycles. The van der Waals surface area contributed by atoms with Crippen molar-refractivity contribution in [3.05, 3.63) is 84.4 Å². The number of aromatic nitrogens is 2. The summed E-state index contributed by atoms with van der Waals surface area (Å²) in [6, 6.07) is 22.5. The van der Waals surface area contributed by atoms with Gasteiger partial charge in [-0.15, -0.1) is 10.2 Å². The molecule has 3 aromatic carbocycles. The molecule has 0 radical (unpaired) electrons. The van der Waals surface area contributed by atoms with Gasteiger partial charge in [-0.3, -0.25) is 0 Å². The molecule has 1 heterocycles. The second kappa shape index (κ2) is 8.91. The summed E-state index contributed by atoms with van der Waals surface area (Å²) in [7, 11) is 1.31. The van der Waals surface area contributed by atoms with Gasteiger partial charge in [0, 0.05) is 22.5 Å². The molecule has 0 spiro atoms. The molecule has 0 atom stereocenters. The molecule has 0 aliphatic rings. The van der Waals surface area contributed by atoms with Crippen molar-refractivity contribution in [2.75, 3.05) is 17.7 Å². The fraction of sp³-hybridized carbons (Fsp3) is 0.0435. The van der Waals surface area contributed by atoms with E-state index in [0.29, 0.717) is 34.3 Å². The van der Waals surface area contributed by atoms with Gasteiger partial charge in [-0.25, -0.2) is 9.59 Å². The molecule has 31 heavy (non-hydrogen) atoms. The first-order valence-electron chi connectivity index (χ1n) is 9.38. The van der Waals surface area contributed by atoms with E-state index in [-0.39, 0.29) is 0 Å². The van der Waals surface area contributed by atoms with Gasteiger partial charge >= 0.3 is 12.0 Å². The Balaban J connectivity index is 1.43. The quantitative estimate of drug-likeness (QED) is 0.453. The molecule has 0 saturated heterocycles. The molecule has 4 aromatic rings. The molecule has 0 unspecified atom stereocenters. The van der Waals surface area contributed by atoms with Crippen molar-refractivity contribution in [1.29, 1.82) is 0 Å². The number of hydrogen-bond acceptors (Lipinski definition) is 6. The Morgan fingerprint density at radius 2 is 1.42 bits per heavy atom. The summed E-state index contributed by atoms with van der Waals surface area (Å²) >= 11 is 0. The molecule has 8 nitrogen and oxygen atoms in total. The summed E-state index contributed by atoms with van der Waals surface area (Å²) in [4.78, 5) is 23.8. The molecule has 1 aromatic heterocycles. The van der Waals surface area contributed by atoms with Crippen LogP contribution in [0.15, 0.2) is 83.3 Å². The number of esters is 1. The minimum atomic E-state index is -0.440. The Morgan fingerprint density at radius 1 is 0.774 bits per heavy atom. The predicted octanol–water partition coefficient (Wildman–Crippen LogP) is 4.83. The lowest BCUT2D eigenvalue weighted by Gasteiger charge is -2.09. The first kappa shape index (κ1) is 19.8. The van der Waals surface area contributed by atoms with E-state index in [2.05, 4.69) is 25.6 Å². The van der Waals surface area contributed by atoms with Crippen LogP contribution in [0, 0.1) is 0 Å². The molecule has 2 amide bonds. The minimum absolute atomic E-state index is 0.348. The molecule has 0 fully saturated rings. The maximum Gasteiger partial charge on any atom is 0.337 e. The highest BCUT2D eigenvalue weighted by Crippen LogP contribution is 2.25. The van der Waals surface area contributed by atoms with Crippen LogP contribution in [0.25, 0.3) is 22.9 Å². The van der Waals surface area contributed by atoms with Gasteiger partial charge in [0.1, 0.15) is 0 Å². The molecule has 0 saturated carbocycles. The zero-order chi connectivity index (χ0) is 21.6. The third-order valence-electron chi connectivity index (χ3n) is 4.38. The SMILES string of the molecule is COC(=O)c1ccc(NC(=O)Nc2cccc(-c3nnc(-c4ccccc4)o3)c2)cc1. The molecule has 154 valence electrons. The number of anilines is 2. The monoisotopic (exact) mass is 414 g/mol. The highest BCUT2D eigenvalue weighted by Gasteiger charge is 2.12. The molecule has 0 aliphatic carbocycles. The summed E-state index contributed by atoms with van der Waals surface area (Å²) in [6.45, 7) is 0. The largest absolute Gasteiger partial charge is 0.465 e. The van der Waals surface area contributed by atoms with E-state index in [9.17, 15) is 9.59 Å². The van der Waals surface area contributed by atoms with Crippen molar-refractivity contribution in [3.63, 3.8) is 0 Å². The molecular formula is C23H18N4O4. The van der Waals surface area contributed by atoms with Crippen molar-refractivity contribution >= 4 is 23.4 Å². The Bertz CT molecular complexity index is 1200. The zero-order valence-corrected chi connectivity index (χ0v) is 16.5. The van der Waals surface area contributed by atoms with Gasteiger partial charge in [0.25, 0.3) is 0 Å². The molecule has 0 bridgehead atoms. The number of ether oxygens (including phenoxy) is 1. The van der Waals surface area contributed by atoms with Crippen LogP contribution >= 0.6 is 0 Å². The predicted molar refractivity (Wildman–Crippen MR) is 116 cm³/mol. The number of nitrogens with zero attached hydrogens (tertiary/aromatic N) is 2. The lowest BCUT2D eigenvalue weighted by molar-refractivity contribution is 0.0600. The average Bonchev–Trinajstić information content (AvgIpc) is 3.30. The van der Waals surface area contributed by atoms with Crippen LogP contribution < -0.4 is 10.6 Å². The second-order valence-electron chi connectivity index (χ2n) is 6.51. The normalized spacial score (nSPS) is 10.4. The molecule has 8 heteroatoms. The maximum atomic E-state index is 12.3. The van der Waals surface area contributed by atoms with Crippen LogP contribution in [-0.2, 0) is 4.74 Å². The Labute approximate surface area is 177 Å². The first-order valence-corrected chi connectivity index (χ1v) is 9.38. The fourth-order valence-electron chi connectivity index (χ4n) is 2.87. The number of benzene rings is 3. The summed E-state index contributed by atoms with van der Waals surface area (Å²) in [5.74, 6) is 0.327. The number of hydrogen-bond donors (Lipinski definition) is 2. The van der Waals surface area contributed by atoms with Crippen LogP contribution in [0.3, 0.4) is 0 Å². The van der Waals surface area contributed by atoms with E-state index in [1.807, 2.05) is 36.4 Å². The summed E-state index contributed by atoms with van der Waals surface area (Å²) in [5.41, 5.74) is 2.99. The highest BCUT2D eigenvalue weighted by molar-refractivity contribution is 6.00. The van der Waals surface area contributed by atoms with Gasteiger partial charge in [0.05, 0.1) is 12.7 Å². The van der Waals surface area contributed by atoms with Gasteiger partial charge in [-0.2, -0.15) is 0 Å². The van der Waals surface area contributed by atoms with E-state index < -0.39 is 12.0 Å². The van der Waals surface area contributed by atoms with Gasteiger partial charge in [0.15, 0.2) is 0 Å². The van der Waals surface area contributed by atoms with E-state index in [1.54, 1.807) is 42.5 Å². The highest BCUT2D eigenvalue weighted by atomic mass is 16.5. The zero-order valence-electron chi connectivity index (χ0n) is 16.5. The van der Waals surface area contributed by atoms with Crippen LogP contribution in [0.5, 0.6) is 0 Å². The average molecular weight is 414 g/mol. The Hall–Kier alpha value is -4.46. The van der Waals surface area contributed by atoms with Crippen molar-refractivity contribution in [1.82, 2.24) is 10.2 Å². The topological polar surface area (TPSA) is 106 Å². The van der Waals surface area contributed by atoms with Gasteiger partial charge in [0.2, 0.25) is 11.8 Å².